The van der Waals surface area contributed by atoms with E-state index in [0.29, 0.717) is 13.0 Å². The Morgan fingerprint density at radius 2 is 2.24 bits per heavy atom. The predicted octanol–water partition coefficient (Wildman–Crippen LogP) is 0.617. The van der Waals surface area contributed by atoms with Crippen LogP contribution >= 0.6 is 0 Å². The van der Waals surface area contributed by atoms with Crippen molar-refractivity contribution >= 4 is 10.0 Å². The molecule has 1 aromatic heterocycles. The zero-order chi connectivity index (χ0) is 12.3. The van der Waals surface area contributed by atoms with Gasteiger partial charge in [-0.05, 0) is 25.0 Å². The quantitative estimate of drug-likeness (QED) is 0.860. The summed E-state index contributed by atoms with van der Waals surface area (Å²) in [6.07, 6.45) is 3.97. The summed E-state index contributed by atoms with van der Waals surface area (Å²) in [6.45, 7) is 0.330. The van der Waals surface area contributed by atoms with Gasteiger partial charge in [0, 0.05) is 18.8 Å². The number of nitrogens with zero attached hydrogens (tertiary/aromatic N) is 2. The molecule has 1 atom stereocenters. The molecule has 0 radical (unpaired) electrons. The molecule has 2 rings (SSSR count). The van der Waals surface area contributed by atoms with Crippen LogP contribution in [0.4, 0.5) is 0 Å². The van der Waals surface area contributed by atoms with Crippen molar-refractivity contribution in [1.29, 1.82) is 0 Å². The van der Waals surface area contributed by atoms with E-state index >= 15 is 0 Å². The van der Waals surface area contributed by atoms with Gasteiger partial charge >= 0.3 is 0 Å². The molecule has 1 N–H and O–H groups in total. The van der Waals surface area contributed by atoms with Gasteiger partial charge in [0.25, 0.3) is 10.0 Å². The molecule has 6 heteroatoms. The molecule has 0 bridgehead atoms. The van der Waals surface area contributed by atoms with Crippen LogP contribution in [0.25, 0.3) is 0 Å². The molecule has 1 saturated heterocycles. The normalized spacial score (nSPS) is 22.5. The summed E-state index contributed by atoms with van der Waals surface area (Å²) in [4.78, 5) is 3.88. The van der Waals surface area contributed by atoms with Gasteiger partial charge in [-0.2, -0.15) is 4.31 Å². The van der Waals surface area contributed by atoms with Gasteiger partial charge < -0.3 is 5.11 Å². The summed E-state index contributed by atoms with van der Waals surface area (Å²) < 4.78 is 26.0. The first kappa shape index (κ1) is 12.5. The van der Waals surface area contributed by atoms with E-state index in [1.807, 2.05) is 0 Å². The average molecular weight is 256 g/mol. The lowest BCUT2D eigenvalue weighted by Gasteiger charge is -2.33. The highest BCUT2D eigenvalue weighted by Crippen LogP contribution is 2.23. The minimum Gasteiger partial charge on any atom is -0.395 e. The van der Waals surface area contributed by atoms with E-state index in [1.165, 1.54) is 16.6 Å². The molecule has 94 valence electrons. The molecule has 5 nitrogen and oxygen atoms in total. The molecule has 2 heterocycles. The van der Waals surface area contributed by atoms with Gasteiger partial charge in [-0.3, -0.25) is 0 Å². The fourth-order valence-corrected chi connectivity index (χ4v) is 3.71. The lowest BCUT2D eigenvalue weighted by atomic mass is 10.1. The SMILES string of the molecule is O=S(=O)(c1ccccn1)N1CCCC[C@@H]1CO. The highest BCUT2D eigenvalue weighted by molar-refractivity contribution is 7.89. The van der Waals surface area contributed by atoms with Crippen molar-refractivity contribution in [3.05, 3.63) is 24.4 Å². The largest absolute Gasteiger partial charge is 0.395 e. The molecule has 17 heavy (non-hydrogen) atoms. The Kier molecular flexibility index (Phi) is 3.76. The molecule has 1 aliphatic heterocycles. The van der Waals surface area contributed by atoms with Crippen molar-refractivity contribution in [2.75, 3.05) is 13.2 Å². The smallest absolute Gasteiger partial charge is 0.260 e. The van der Waals surface area contributed by atoms with Gasteiger partial charge in [-0.1, -0.05) is 12.5 Å². The Hall–Kier alpha value is -0.980. The van der Waals surface area contributed by atoms with Crippen LogP contribution < -0.4 is 0 Å². The third-order valence-corrected chi connectivity index (χ3v) is 4.86. The van der Waals surface area contributed by atoms with Crippen molar-refractivity contribution in [3.8, 4) is 0 Å². The van der Waals surface area contributed by atoms with E-state index in [2.05, 4.69) is 4.98 Å². The molecule has 0 aliphatic carbocycles. The Bertz CT molecular complexity index is 461. The van der Waals surface area contributed by atoms with Crippen molar-refractivity contribution in [2.24, 2.45) is 0 Å². The molecule has 0 aromatic carbocycles. The maximum atomic E-state index is 12.3. The second kappa shape index (κ2) is 5.12. The highest BCUT2D eigenvalue weighted by Gasteiger charge is 2.33. The maximum Gasteiger partial charge on any atom is 0.260 e. The fourth-order valence-electron chi connectivity index (χ4n) is 2.09. The number of aliphatic hydroxyl groups excluding tert-OH is 1. The van der Waals surface area contributed by atoms with Crippen LogP contribution in [0.15, 0.2) is 29.4 Å². The molecule has 1 fully saturated rings. The molecule has 0 spiro atoms. The van der Waals surface area contributed by atoms with E-state index in [9.17, 15) is 13.5 Å². The van der Waals surface area contributed by atoms with Crippen molar-refractivity contribution < 1.29 is 13.5 Å². The minimum absolute atomic E-state index is 0.0559. The van der Waals surface area contributed by atoms with Crippen molar-refractivity contribution in [3.63, 3.8) is 0 Å². The van der Waals surface area contributed by atoms with E-state index < -0.39 is 10.0 Å². The van der Waals surface area contributed by atoms with Gasteiger partial charge in [0.05, 0.1) is 6.61 Å². The van der Waals surface area contributed by atoms with Crippen molar-refractivity contribution in [2.45, 2.75) is 30.3 Å². The molecular formula is C11H16N2O3S. The lowest BCUT2D eigenvalue weighted by molar-refractivity contribution is 0.155. The number of aromatic nitrogens is 1. The van der Waals surface area contributed by atoms with Crippen LogP contribution in [-0.4, -0.2) is 42.0 Å². The maximum absolute atomic E-state index is 12.3. The zero-order valence-electron chi connectivity index (χ0n) is 9.49. The lowest BCUT2D eigenvalue weighted by Crippen LogP contribution is -2.45. The molecule has 1 aromatic rings. The molecule has 0 amide bonds. The van der Waals surface area contributed by atoms with Crippen LogP contribution in [0.1, 0.15) is 19.3 Å². The van der Waals surface area contributed by atoms with Crippen LogP contribution in [0.3, 0.4) is 0 Å². The number of hydrogen-bond acceptors (Lipinski definition) is 4. The first-order valence-corrected chi connectivity index (χ1v) is 7.14. The molecule has 0 saturated carbocycles. The summed E-state index contributed by atoms with van der Waals surface area (Å²) in [6, 6.07) is 4.50. The van der Waals surface area contributed by atoms with Gasteiger partial charge in [-0.25, -0.2) is 13.4 Å². The average Bonchev–Trinajstić information content (AvgIpc) is 2.39. The molecule has 1 aliphatic rings. The molecule has 0 unspecified atom stereocenters. The highest BCUT2D eigenvalue weighted by atomic mass is 32.2. The number of hydrogen-bond donors (Lipinski definition) is 1. The Balaban J connectivity index is 2.31. The first-order chi connectivity index (χ1) is 8.16. The summed E-state index contributed by atoms with van der Waals surface area (Å²) in [7, 11) is -3.56. The third-order valence-electron chi connectivity index (χ3n) is 2.99. The predicted molar refractivity (Wildman–Crippen MR) is 62.9 cm³/mol. The van der Waals surface area contributed by atoms with Crippen LogP contribution in [0.2, 0.25) is 0 Å². The monoisotopic (exact) mass is 256 g/mol. The Morgan fingerprint density at radius 3 is 2.88 bits per heavy atom. The number of rotatable bonds is 3. The van der Waals surface area contributed by atoms with E-state index in [4.69, 9.17) is 0 Å². The van der Waals surface area contributed by atoms with Gasteiger partial charge in [0.2, 0.25) is 0 Å². The second-order valence-corrected chi connectivity index (χ2v) is 5.95. The fraction of sp³-hybridized carbons (Fsp3) is 0.545. The number of sulfonamides is 1. The first-order valence-electron chi connectivity index (χ1n) is 5.70. The van der Waals surface area contributed by atoms with Gasteiger partial charge in [0.15, 0.2) is 5.03 Å². The van der Waals surface area contributed by atoms with Crippen LogP contribution in [0.5, 0.6) is 0 Å². The summed E-state index contributed by atoms with van der Waals surface area (Å²) in [5.41, 5.74) is 0. The van der Waals surface area contributed by atoms with Gasteiger partial charge in [-0.15, -0.1) is 0 Å². The topological polar surface area (TPSA) is 70.5 Å². The Labute approximate surface area is 101 Å². The summed E-state index contributed by atoms with van der Waals surface area (Å²) >= 11 is 0. The van der Waals surface area contributed by atoms with E-state index in [0.717, 1.165) is 12.8 Å². The Morgan fingerprint density at radius 1 is 1.41 bits per heavy atom. The van der Waals surface area contributed by atoms with Crippen LogP contribution in [-0.2, 0) is 10.0 Å². The third kappa shape index (κ3) is 2.48. The summed E-state index contributed by atoms with van der Waals surface area (Å²) in [5.74, 6) is 0. The number of aliphatic hydroxyl groups is 1. The minimum atomic E-state index is -3.56. The van der Waals surface area contributed by atoms with Crippen LogP contribution in [0, 0.1) is 0 Å². The standard InChI is InChI=1S/C11H16N2O3S/c14-9-10-5-2-4-8-13(10)17(15,16)11-6-1-3-7-12-11/h1,3,6-7,10,14H,2,4-5,8-9H2/t10-/m1/s1. The zero-order valence-corrected chi connectivity index (χ0v) is 10.3. The summed E-state index contributed by atoms with van der Waals surface area (Å²) in [5, 5.41) is 9.30. The second-order valence-electron chi connectivity index (χ2n) is 4.12. The number of piperidine rings is 1. The molecular weight excluding hydrogens is 240 g/mol. The van der Waals surface area contributed by atoms with E-state index in [1.54, 1.807) is 12.1 Å². The van der Waals surface area contributed by atoms with E-state index in [-0.39, 0.29) is 17.7 Å². The number of pyridine rings is 1. The van der Waals surface area contributed by atoms with Crippen molar-refractivity contribution in [1.82, 2.24) is 9.29 Å². The van der Waals surface area contributed by atoms with Gasteiger partial charge in [0.1, 0.15) is 0 Å².